The second-order valence-corrected chi connectivity index (χ2v) is 4.39. The maximum atomic E-state index is 5.56. The predicted octanol–water partition coefficient (Wildman–Crippen LogP) is 2.74. The monoisotopic (exact) mass is 235 g/mol. The Bertz CT molecular complexity index is 361. The highest BCUT2D eigenvalue weighted by Crippen LogP contribution is 2.31. The van der Waals surface area contributed by atoms with E-state index in [4.69, 9.17) is 9.47 Å². The lowest BCUT2D eigenvalue weighted by atomic mass is 9.93. The molecule has 2 rings (SSSR count). The summed E-state index contributed by atoms with van der Waals surface area (Å²) in [6, 6.07) is 6.75. The summed E-state index contributed by atoms with van der Waals surface area (Å²) in [6.45, 7) is 3.50. The number of nitrogens with one attached hydrogen (secondary N) is 1. The van der Waals surface area contributed by atoms with Gasteiger partial charge in [0.1, 0.15) is 0 Å². The molecule has 1 saturated carbocycles. The average molecular weight is 235 g/mol. The number of rotatable bonds is 6. The summed E-state index contributed by atoms with van der Waals surface area (Å²) in [5, 5.41) is 3.54. The first-order valence-electron chi connectivity index (χ1n) is 6.37. The van der Waals surface area contributed by atoms with Gasteiger partial charge in [0.15, 0.2) is 11.5 Å². The molecule has 3 nitrogen and oxygen atoms in total. The molecule has 0 saturated heterocycles. The van der Waals surface area contributed by atoms with E-state index < -0.39 is 0 Å². The SMILES string of the molecule is CCOc1cccc(CNC2CCC2)c1OC. The number of methoxy groups -OCH3 is 1. The van der Waals surface area contributed by atoms with Gasteiger partial charge in [-0.3, -0.25) is 0 Å². The fraction of sp³-hybridized carbons (Fsp3) is 0.571. The van der Waals surface area contributed by atoms with Gasteiger partial charge >= 0.3 is 0 Å². The lowest BCUT2D eigenvalue weighted by Crippen LogP contribution is -2.34. The molecule has 0 atom stereocenters. The first-order chi connectivity index (χ1) is 8.35. The Morgan fingerprint density at radius 3 is 2.76 bits per heavy atom. The van der Waals surface area contributed by atoms with Crippen molar-refractivity contribution >= 4 is 0 Å². The van der Waals surface area contributed by atoms with Crippen molar-refractivity contribution in [2.24, 2.45) is 0 Å². The predicted molar refractivity (Wildman–Crippen MR) is 68.6 cm³/mol. The summed E-state index contributed by atoms with van der Waals surface area (Å²) in [4.78, 5) is 0. The lowest BCUT2D eigenvalue weighted by Gasteiger charge is -2.27. The van der Waals surface area contributed by atoms with E-state index in [0.717, 1.165) is 18.0 Å². The molecule has 0 amide bonds. The van der Waals surface area contributed by atoms with Crippen molar-refractivity contribution < 1.29 is 9.47 Å². The topological polar surface area (TPSA) is 30.5 Å². The van der Waals surface area contributed by atoms with Crippen LogP contribution in [0.2, 0.25) is 0 Å². The van der Waals surface area contributed by atoms with E-state index in [-0.39, 0.29) is 0 Å². The summed E-state index contributed by atoms with van der Waals surface area (Å²) in [6.07, 6.45) is 3.95. The Hall–Kier alpha value is -1.22. The van der Waals surface area contributed by atoms with E-state index in [0.29, 0.717) is 12.6 Å². The van der Waals surface area contributed by atoms with Gasteiger partial charge in [-0.1, -0.05) is 18.6 Å². The second-order valence-electron chi connectivity index (χ2n) is 4.39. The minimum absolute atomic E-state index is 0.663. The van der Waals surface area contributed by atoms with Gasteiger partial charge in [0.25, 0.3) is 0 Å². The summed E-state index contributed by atoms with van der Waals surface area (Å²) in [7, 11) is 1.70. The van der Waals surface area contributed by atoms with Gasteiger partial charge in [-0.2, -0.15) is 0 Å². The van der Waals surface area contributed by atoms with E-state index >= 15 is 0 Å². The normalized spacial score (nSPS) is 15.4. The molecular weight excluding hydrogens is 214 g/mol. The molecule has 0 aromatic heterocycles. The van der Waals surface area contributed by atoms with Crippen molar-refractivity contribution in [1.82, 2.24) is 5.32 Å². The van der Waals surface area contributed by atoms with Crippen molar-refractivity contribution in [3.8, 4) is 11.5 Å². The Balaban J connectivity index is 2.05. The van der Waals surface area contributed by atoms with E-state index in [1.54, 1.807) is 7.11 Å². The van der Waals surface area contributed by atoms with E-state index in [9.17, 15) is 0 Å². The maximum absolute atomic E-state index is 5.56. The van der Waals surface area contributed by atoms with Crippen LogP contribution in [0.1, 0.15) is 31.7 Å². The molecule has 1 fully saturated rings. The fourth-order valence-corrected chi connectivity index (χ4v) is 2.07. The van der Waals surface area contributed by atoms with Gasteiger partial charge < -0.3 is 14.8 Å². The van der Waals surface area contributed by atoms with Crippen molar-refractivity contribution in [2.75, 3.05) is 13.7 Å². The minimum Gasteiger partial charge on any atom is -0.493 e. The first kappa shape index (κ1) is 12.2. The van der Waals surface area contributed by atoms with Crippen LogP contribution in [-0.4, -0.2) is 19.8 Å². The molecule has 1 aromatic carbocycles. The van der Waals surface area contributed by atoms with Crippen LogP contribution in [0.5, 0.6) is 11.5 Å². The van der Waals surface area contributed by atoms with Gasteiger partial charge in [0, 0.05) is 18.2 Å². The largest absolute Gasteiger partial charge is 0.493 e. The Morgan fingerprint density at radius 1 is 1.35 bits per heavy atom. The van der Waals surface area contributed by atoms with Crippen LogP contribution in [0.4, 0.5) is 0 Å². The molecule has 1 aromatic rings. The van der Waals surface area contributed by atoms with Crippen LogP contribution >= 0.6 is 0 Å². The molecule has 0 aliphatic heterocycles. The number of hydrogen-bond acceptors (Lipinski definition) is 3. The average Bonchev–Trinajstić information content (AvgIpc) is 2.28. The van der Waals surface area contributed by atoms with Crippen LogP contribution in [0, 0.1) is 0 Å². The standard InChI is InChI=1S/C14H21NO2/c1-3-17-13-9-4-6-11(14(13)16-2)10-15-12-7-5-8-12/h4,6,9,12,15H,3,5,7-8,10H2,1-2H3. The molecule has 0 unspecified atom stereocenters. The van der Waals surface area contributed by atoms with Crippen LogP contribution in [0.15, 0.2) is 18.2 Å². The third-order valence-corrected chi connectivity index (χ3v) is 3.25. The van der Waals surface area contributed by atoms with Gasteiger partial charge in [-0.25, -0.2) is 0 Å². The molecule has 1 N–H and O–H groups in total. The third-order valence-electron chi connectivity index (χ3n) is 3.25. The van der Waals surface area contributed by atoms with Gasteiger partial charge in [0.2, 0.25) is 0 Å². The molecule has 1 aliphatic rings. The number of ether oxygens (including phenoxy) is 2. The maximum Gasteiger partial charge on any atom is 0.165 e. The lowest BCUT2D eigenvalue weighted by molar-refractivity contribution is 0.305. The van der Waals surface area contributed by atoms with Gasteiger partial charge in [-0.05, 0) is 25.8 Å². The highest BCUT2D eigenvalue weighted by atomic mass is 16.5. The number of benzene rings is 1. The third kappa shape index (κ3) is 2.91. The molecular formula is C14H21NO2. The highest BCUT2D eigenvalue weighted by molar-refractivity contribution is 5.46. The molecule has 3 heteroatoms. The summed E-state index contributed by atoms with van der Waals surface area (Å²) in [5.41, 5.74) is 1.17. The van der Waals surface area contributed by atoms with Crippen LogP contribution in [0.25, 0.3) is 0 Å². The van der Waals surface area contributed by atoms with Crippen molar-refractivity contribution in [1.29, 1.82) is 0 Å². The van der Waals surface area contributed by atoms with Crippen LogP contribution < -0.4 is 14.8 Å². The molecule has 0 spiro atoms. The number of para-hydroxylation sites is 1. The van der Waals surface area contributed by atoms with Crippen molar-refractivity contribution in [2.45, 2.75) is 38.8 Å². The quantitative estimate of drug-likeness (QED) is 0.822. The van der Waals surface area contributed by atoms with Gasteiger partial charge in [0.05, 0.1) is 13.7 Å². The molecule has 94 valence electrons. The molecule has 0 bridgehead atoms. The molecule has 17 heavy (non-hydrogen) atoms. The minimum atomic E-state index is 0.663. The summed E-state index contributed by atoms with van der Waals surface area (Å²) < 4.78 is 11.0. The zero-order chi connectivity index (χ0) is 12.1. The zero-order valence-corrected chi connectivity index (χ0v) is 10.7. The van der Waals surface area contributed by atoms with Crippen LogP contribution in [-0.2, 0) is 6.54 Å². The molecule has 0 radical (unpaired) electrons. The van der Waals surface area contributed by atoms with Crippen molar-refractivity contribution in [3.63, 3.8) is 0 Å². The van der Waals surface area contributed by atoms with Crippen molar-refractivity contribution in [3.05, 3.63) is 23.8 Å². The Labute approximate surface area is 103 Å². The Morgan fingerprint density at radius 2 is 2.18 bits per heavy atom. The molecule has 0 heterocycles. The molecule has 1 aliphatic carbocycles. The summed E-state index contributed by atoms with van der Waals surface area (Å²) >= 11 is 0. The highest BCUT2D eigenvalue weighted by Gasteiger charge is 2.17. The first-order valence-corrected chi connectivity index (χ1v) is 6.37. The smallest absolute Gasteiger partial charge is 0.165 e. The second kappa shape index (κ2) is 5.92. The zero-order valence-electron chi connectivity index (χ0n) is 10.7. The van der Waals surface area contributed by atoms with E-state index in [2.05, 4.69) is 11.4 Å². The van der Waals surface area contributed by atoms with Crippen LogP contribution in [0.3, 0.4) is 0 Å². The fourth-order valence-electron chi connectivity index (χ4n) is 2.07. The Kier molecular flexibility index (Phi) is 4.26. The number of hydrogen-bond donors (Lipinski definition) is 1. The summed E-state index contributed by atoms with van der Waals surface area (Å²) in [5.74, 6) is 1.70. The van der Waals surface area contributed by atoms with Gasteiger partial charge in [-0.15, -0.1) is 0 Å². The van der Waals surface area contributed by atoms with E-state index in [1.165, 1.54) is 24.8 Å². The van der Waals surface area contributed by atoms with E-state index in [1.807, 2.05) is 19.1 Å².